The molecule has 5 nitrogen and oxygen atoms in total. The number of carbonyl (C=O) groups excluding carboxylic acids is 1. The van der Waals surface area contributed by atoms with Crippen molar-refractivity contribution < 1.29 is 4.79 Å². The van der Waals surface area contributed by atoms with E-state index in [0.717, 1.165) is 35.0 Å². The SMILES string of the molecule is C[C@H]1CCc2c(sc3ncn(CC(=O)NC[C@@H](C)c4ccccc4)c(=O)c23)C1. The Morgan fingerprint density at radius 1 is 1.36 bits per heavy atom. The third kappa shape index (κ3) is 3.74. The highest BCUT2D eigenvalue weighted by molar-refractivity contribution is 7.18. The van der Waals surface area contributed by atoms with Crippen molar-refractivity contribution in [2.24, 2.45) is 5.92 Å². The highest BCUT2D eigenvalue weighted by atomic mass is 32.1. The third-order valence-corrected chi connectivity index (χ3v) is 6.73. The molecule has 146 valence electrons. The van der Waals surface area contributed by atoms with E-state index >= 15 is 0 Å². The highest BCUT2D eigenvalue weighted by Crippen LogP contribution is 2.35. The van der Waals surface area contributed by atoms with Gasteiger partial charge in [-0.2, -0.15) is 0 Å². The second kappa shape index (κ2) is 7.87. The van der Waals surface area contributed by atoms with Gasteiger partial charge in [0.25, 0.3) is 5.56 Å². The third-order valence-electron chi connectivity index (χ3n) is 5.57. The van der Waals surface area contributed by atoms with Crippen molar-refractivity contribution in [3.63, 3.8) is 0 Å². The van der Waals surface area contributed by atoms with Crippen LogP contribution < -0.4 is 10.9 Å². The summed E-state index contributed by atoms with van der Waals surface area (Å²) >= 11 is 1.63. The molecule has 0 bridgehead atoms. The number of nitrogens with zero attached hydrogens (tertiary/aromatic N) is 2. The average molecular weight is 396 g/mol. The topological polar surface area (TPSA) is 64.0 Å². The Labute approximate surface area is 168 Å². The van der Waals surface area contributed by atoms with Crippen molar-refractivity contribution >= 4 is 27.5 Å². The molecule has 4 rings (SSSR count). The molecule has 2 heterocycles. The fourth-order valence-electron chi connectivity index (χ4n) is 3.86. The van der Waals surface area contributed by atoms with Gasteiger partial charge in [0.1, 0.15) is 11.4 Å². The Balaban J connectivity index is 1.48. The van der Waals surface area contributed by atoms with Crippen molar-refractivity contribution in [1.29, 1.82) is 0 Å². The molecule has 0 fully saturated rings. The summed E-state index contributed by atoms with van der Waals surface area (Å²) in [7, 11) is 0. The summed E-state index contributed by atoms with van der Waals surface area (Å²) in [6, 6.07) is 10.1. The van der Waals surface area contributed by atoms with Crippen LogP contribution in [0.2, 0.25) is 0 Å². The maximum absolute atomic E-state index is 13.0. The first-order valence-electron chi connectivity index (χ1n) is 9.84. The van der Waals surface area contributed by atoms with E-state index in [4.69, 9.17) is 0 Å². The molecular weight excluding hydrogens is 370 g/mol. The average Bonchev–Trinajstić information content (AvgIpc) is 3.07. The normalized spacial score (nSPS) is 17.3. The van der Waals surface area contributed by atoms with Crippen LogP contribution in [-0.4, -0.2) is 22.0 Å². The second-order valence-electron chi connectivity index (χ2n) is 7.83. The first-order valence-corrected chi connectivity index (χ1v) is 10.7. The highest BCUT2D eigenvalue weighted by Gasteiger charge is 2.23. The fourth-order valence-corrected chi connectivity index (χ4v) is 5.20. The number of rotatable bonds is 5. The molecule has 3 aromatic rings. The zero-order valence-electron chi connectivity index (χ0n) is 16.3. The molecule has 2 atom stereocenters. The van der Waals surface area contributed by atoms with Crippen LogP contribution >= 0.6 is 11.3 Å². The summed E-state index contributed by atoms with van der Waals surface area (Å²) in [6.07, 6.45) is 4.56. The molecule has 28 heavy (non-hydrogen) atoms. The first-order chi connectivity index (χ1) is 13.5. The number of aromatic nitrogens is 2. The van der Waals surface area contributed by atoms with Gasteiger partial charge in [-0.1, -0.05) is 44.2 Å². The van der Waals surface area contributed by atoms with Crippen LogP contribution in [0, 0.1) is 5.92 Å². The summed E-state index contributed by atoms with van der Waals surface area (Å²) in [5.74, 6) is 0.706. The lowest BCUT2D eigenvalue weighted by Gasteiger charge is -2.17. The van der Waals surface area contributed by atoms with Gasteiger partial charge in [0.15, 0.2) is 0 Å². The zero-order chi connectivity index (χ0) is 19.7. The predicted molar refractivity (Wildman–Crippen MR) is 113 cm³/mol. The van der Waals surface area contributed by atoms with Gasteiger partial charge >= 0.3 is 0 Å². The van der Waals surface area contributed by atoms with Crippen LogP contribution in [-0.2, 0) is 24.2 Å². The van der Waals surface area contributed by atoms with E-state index < -0.39 is 0 Å². The molecule has 2 aromatic heterocycles. The van der Waals surface area contributed by atoms with Gasteiger partial charge < -0.3 is 5.32 Å². The van der Waals surface area contributed by atoms with E-state index in [1.54, 1.807) is 11.3 Å². The minimum atomic E-state index is -0.163. The standard InChI is InChI=1S/C22H25N3O2S/c1-14-8-9-17-18(10-14)28-21-20(17)22(27)25(13-24-21)12-19(26)23-11-15(2)16-6-4-3-5-7-16/h3-7,13-15H,8-12H2,1-2H3,(H,23,26)/t14-,15+/m0/s1. The van der Waals surface area contributed by atoms with Gasteiger partial charge in [-0.05, 0) is 42.2 Å². The lowest BCUT2D eigenvalue weighted by Crippen LogP contribution is -2.34. The summed E-state index contributed by atoms with van der Waals surface area (Å²) in [6.45, 7) is 4.87. The number of amides is 1. The Bertz CT molecular complexity index is 1050. The second-order valence-corrected chi connectivity index (χ2v) is 8.91. The smallest absolute Gasteiger partial charge is 0.262 e. The van der Waals surface area contributed by atoms with E-state index in [1.807, 2.05) is 18.2 Å². The van der Waals surface area contributed by atoms with Crippen LogP contribution in [0.5, 0.6) is 0 Å². The largest absolute Gasteiger partial charge is 0.354 e. The lowest BCUT2D eigenvalue weighted by molar-refractivity contribution is -0.121. The molecule has 1 amide bonds. The predicted octanol–water partition coefficient (Wildman–Crippen LogP) is 3.50. The number of aryl methyl sites for hydroxylation is 1. The molecule has 1 aliphatic rings. The molecule has 0 saturated carbocycles. The molecular formula is C22H25N3O2S. The molecule has 6 heteroatoms. The molecule has 1 aliphatic carbocycles. The van der Waals surface area contributed by atoms with E-state index in [1.165, 1.54) is 21.3 Å². The van der Waals surface area contributed by atoms with Gasteiger partial charge in [-0.3, -0.25) is 14.2 Å². The van der Waals surface area contributed by atoms with Gasteiger partial charge in [0.05, 0.1) is 11.7 Å². The van der Waals surface area contributed by atoms with E-state index in [2.05, 4.69) is 36.3 Å². The van der Waals surface area contributed by atoms with Crippen LogP contribution in [0.3, 0.4) is 0 Å². The van der Waals surface area contributed by atoms with Crippen molar-refractivity contribution in [2.45, 2.75) is 45.6 Å². The Kier molecular flexibility index (Phi) is 5.31. The maximum atomic E-state index is 13.0. The van der Waals surface area contributed by atoms with Crippen LogP contribution in [0.1, 0.15) is 42.2 Å². The van der Waals surface area contributed by atoms with Crippen molar-refractivity contribution in [3.8, 4) is 0 Å². The van der Waals surface area contributed by atoms with Gasteiger partial charge in [-0.15, -0.1) is 11.3 Å². The molecule has 0 spiro atoms. The van der Waals surface area contributed by atoms with E-state index in [-0.39, 0.29) is 23.9 Å². The van der Waals surface area contributed by atoms with E-state index in [9.17, 15) is 9.59 Å². The number of nitrogens with one attached hydrogen (secondary N) is 1. The van der Waals surface area contributed by atoms with Crippen molar-refractivity contribution in [1.82, 2.24) is 14.9 Å². The molecule has 1 N–H and O–H groups in total. The number of carbonyl (C=O) groups is 1. The lowest BCUT2D eigenvalue weighted by atomic mass is 9.89. The van der Waals surface area contributed by atoms with E-state index in [0.29, 0.717) is 12.5 Å². The Morgan fingerprint density at radius 3 is 2.93 bits per heavy atom. The molecule has 0 saturated heterocycles. The van der Waals surface area contributed by atoms with Crippen molar-refractivity contribution in [3.05, 3.63) is 63.0 Å². The number of benzene rings is 1. The number of hydrogen-bond acceptors (Lipinski definition) is 4. The number of hydrogen-bond donors (Lipinski definition) is 1. The summed E-state index contributed by atoms with van der Waals surface area (Å²) in [5, 5.41) is 3.66. The first kappa shape index (κ1) is 18.9. The Morgan fingerprint density at radius 2 is 2.14 bits per heavy atom. The quantitative estimate of drug-likeness (QED) is 0.719. The fraction of sp³-hybridized carbons (Fsp3) is 0.409. The minimum Gasteiger partial charge on any atom is -0.354 e. The number of fused-ring (bicyclic) bond motifs is 3. The summed E-state index contributed by atoms with van der Waals surface area (Å²) in [4.78, 5) is 32.0. The van der Waals surface area contributed by atoms with Crippen LogP contribution in [0.4, 0.5) is 0 Å². The van der Waals surface area contributed by atoms with Gasteiger partial charge in [-0.25, -0.2) is 4.98 Å². The molecule has 0 aliphatic heterocycles. The van der Waals surface area contributed by atoms with Gasteiger partial charge in [0.2, 0.25) is 5.91 Å². The van der Waals surface area contributed by atoms with Crippen LogP contribution in [0.15, 0.2) is 41.5 Å². The Hall–Kier alpha value is -2.47. The maximum Gasteiger partial charge on any atom is 0.262 e. The molecule has 1 aromatic carbocycles. The monoisotopic (exact) mass is 395 g/mol. The van der Waals surface area contributed by atoms with Gasteiger partial charge in [0, 0.05) is 11.4 Å². The minimum absolute atomic E-state index is 0.00427. The summed E-state index contributed by atoms with van der Waals surface area (Å²) in [5.41, 5.74) is 2.24. The summed E-state index contributed by atoms with van der Waals surface area (Å²) < 4.78 is 1.44. The van der Waals surface area contributed by atoms with Crippen molar-refractivity contribution in [2.75, 3.05) is 6.54 Å². The zero-order valence-corrected chi connectivity index (χ0v) is 17.1. The molecule has 0 radical (unpaired) electrons. The molecule has 0 unspecified atom stereocenters. The van der Waals surface area contributed by atoms with Crippen LogP contribution in [0.25, 0.3) is 10.2 Å². The number of thiophene rings is 1.